The second-order valence-electron chi connectivity index (χ2n) is 5.03. The molecule has 0 amide bonds. The first-order valence-corrected chi connectivity index (χ1v) is 6.36. The highest BCUT2D eigenvalue weighted by Crippen LogP contribution is 2.60. The van der Waals surface area contributed by atoms with Crippen molar-refractivity contribution in [2.24, 2.45) is 11.8 Å². The zero-order chi connectivity index (χ0) is 13.3. The van der Waals surface area contributed by atoms with E-state index in [1.807, 2.05) is 31.2 Å². The van der Waals surface area contributed by atoms with Gasteiger partial charge in [-0.15, -0.1) is 0 Å². The second-order valence-corrected chi connectivity index (χ2v) is 5.03. The third-order valence-electron chi connectivity index (χ3n) is 4.24. The van der Waals surface area contributed by atoms with Crippen LogP contribution in [-0.2, 0) is 14.9 Å². The molecule has 1 aromatic carbocycles. The molecule has 0 N–H and O–H groups in total. The molecule has 3 atom stereocenters. The predicted molar refractivity (Wildman–Crippen MR) is 69.6 cm³/mol. The first-order valence-electron chi connectivity index (χ1n) is 6.36. The minimum absolute atomic E-state index is 0.0224. The number of benzene rings is 1. The van der Waals surface area contributed by atoms with Gasteiger partial charge in [0.25, 0.3) is 0 Å². The van der Waals surface area contributed by atoms with E-state index in [1.165, 1.54) is 5.56 Å². The molecule has 1 aromatic rings. The minimum atomic E-state index is -0.0987. The van der Waals surface area contributed by atoms with E-state index in [4.69, 9.17) is 9.47 Å². The van der Waals surface area contributed by atoms with Crippen molar-refractivity contribution in [1.29, 1.82) is 0 Å². The standard InChI is InChI=1S/C15H20O3/c1-5-18-14(16)13-10(2)15(13,3)11-6-8-12(17-4)9-7-11/h6-10,13H,5H2,1-4H3/t10-,13?,15-/m0/s1. The molecule has 1 aliphatic carbocycles. The maximum absolute atomic E-state index is 11.9. The Bertz CT molecular complexity index is 438. The summed E-state index contributed by atoms with van der Waals surface area (Å²) in [5, 5.41) is 0. The predicted octanol–water partition coefficient (Wildman–Crippen LogP) is 2.78. The van der Waals surface area contributed by atoms with Crippen molar-refractivity contribution in [2.45, 2.75) is 26.2 Å². The first kappa shape index (κ1) is 12.9. The van der Waals surface area contributed by atoms with E-state index in [2.05, 4.69) is 13.8 Å². The first-order chi connectivity index (χ1) is 8.55. The molecule has 1 aliphatic rings. The molecule has 98 valence electrons. The zero-order valence-electron chi connectivity index (χ0n) is 11.4. The van der Waals surface area contributed by atoms with Gasteiger partial charge in [-0.2, -0.15) is 0 Å². The van der Waals surface area contributed by atoms with Gasteiger partial charge in [-0.3, -0.25) is 4.79 Å². The van der Waals surface area contributed by atoms with Crippen LogP contribution in [0.15, 0.2) is 24.3 Å². The van der Waals surface area contributed by atoms with Crippen LogP contribution in [0.4, 0.5) is 0 Å². The summed E-state index contributed by atoms with van der Waals surface area (Å²) in [4.78, 5) is 11.9. The Morgan fingerprint density at radius 2 is 1.94 bits per heavy atom. The minimum Gasteiger partial charge on any atom is -0.497 e. The van der Waals surface area contributed by atoms with E-state index in [-0.39, 0.29) is 17.3 Å². The number of esters is 1. The van der Waals surface area contributed by atoms with E-state index in [9.17, 15) is 4.79 Å². The highest BCUT2D eigenvalue weighted by molar-refractivity contribution is 5.80. The van der Waals surface area contributed by atoms with Crippen LogP contribution in [0.3, 0.4) is 0 Å². The molecule has 1 fully saturated rings. The van der Waals surface area contributed by atoms with Crippen molar-refractivity contribution in [3.05, 3.63) is 29.8 Å². The largest absolute Gasteiger partial charge is 0.497 e. The molecule has 18 heavy (non-hydrogen) atoms. The summed E-state index contributed by atoms with van der Waals surface area (Å²) < 4.78 is 10.3. The van der Waals surface area contributed by atoms with Gasteiger partial charge in [0.1, 0.15) is 5.75 Å². The van der Waals surface area contributed by atoms with E-state index in [0.29, 0.717) is 12.5 Å². The molecule has 0 aromatic heterocycles. The van der Waals surface area contributed by atoms with Gasteiger partial charge in [0.05, 0.1) is 19.6 Å². The third kappa shape index (κ3) is 1.88. The molecule has 3 heteroatoms. The number of methoxy groups -OCH3 is 1. The van der Waals surface area contributed by atoms with Gasteiger partial charge < -0.3 is 9.47 Å². The van der Waals surface area contributed by atoms with E-state index in [1.54, 1.807) is 7.11 Å². The molecule has 3 nitrogen and oxygen atoms in total. The van der Waals surface area contributed by atoms with Gasteiger partial charge >= 0.3 is 5.97 Å². The summed E-state index contributed by atoms with van der Waals surface area (Å²) in [6.45, 7) is 6.52. The van der Waals surface area contributed by atoms with Crippen molar-refractivity contribution in [2.75, 3.05) is 13.7 Å². The van der Waals surface area contributed by atoms with Crippen LogP contribution in [0, 0.1) is 11.8 Å². The summed E-state index contributed by atoms with van der Waals surface area (Å²) in [6, 6.07) is 7.95. The maximum atomic E-state index is 11.9. The number of hydrogen-bond donors (Lipinski definition) is 0. The van der Waals surface area contributed by atoms with Crippen LogP contribution in [0.1, 0.15) is 26.3 Å². The second kappa shape index (κ2) is 4.63. The molecule has 2 rings (SSSR count). The fourth-order valence-corrected chi connectivity index (χ4v) is 2.80. The summed E-state index contributed by atoms with van der Waals surface area (Å²) in [6.07, 6.45) is 0. The quantitative estimate of drug-likeness (QED) is 0.769. The van der Waals surface area contributed by atoms with Crippen LogP contribution < -0.4 is 4.74 Å². The van der Waals surface area contributed by atoms with E-state index in [0.717, 1.165) is 5.75 Å². The fraction of sp³-hybridized carbons (Fsp3) is 0.533. The Hall–Kier alpha value is -1.51. The SMILES string of the molecule is CCOC(=O)C1[C@H](C)[C@@]1(C)c1ccc(OC)cc1. The van der Waals surface area contributed by atoms with Gasteiger partial charge in [-0.05, 0) is 30.5 Å². The zero-order valence-corrected chi connectivity index (χ0v) is 11.4. The summed E-state index contributed by atoms with van der Waals surface area (Å²) in [5.74, 6) is 1.06. The van der Waals surface area contributed by atoms with Gasteiger partial charge in [-0.1, -0.05) is 26.0 Å². The Balaban J connectivity index is 2.19. The van der Waals surface area contributed by atoms with Gasteiger partial charge in [0, 0.05) is 5.41 Å². The van der Waals surface area contributed by atoms with E-state index < -0.39 is 0 Å². The van der Waals surface area contributed by atoms with Crippen molar-refractivity contribution in [3.63, 3.8) is 0 Å². The summed E-state index contributed by atoms with van der Waals surface area (Å²) in [7, 11) is 1.65. The molecular formula is C15H20O3. The van der Waals surface area contributed by atoms with Crippen LogP contribution in [-0.4, -0.2) is 19.7 Å². The molecule has 0 spiro atoms. The third-order valence-corrected chi connectivity index (χ3v) is 4.24. The van der Waals surface area contributed by atoms with Crippen LogP contribution in [0.25, 0.3) is 0 Å². The van der Waals surface area contributed by atoms with Crippen molar-refractivity contribution in [1.82, 2.24) is 0 Å². The number of rotatable bonds is 4. The lowest BCUT2D eigenvalue weighted by Crippen LogP contribution is -2.14. The lowest BCUT2D eigenvalue weighted by atomic mass is 9.94. The molecular weight excluding hydrogens is 228 g/mol. The van der Waals surface area contributed by atoms with Gasteiger partial charge in [0.15, 0.2) is 0 Å². The topological polar surface area (TPSA) is 35.5 Å². The lowest BCUT2D eigenvalue weighted by Gasteiger charge is -2.12. The van der Waals surface area contributed by atoms with Crippen molar-refractivity contribution in [3.8, 4) is 5.75 Å². The molecule has 0 radical (unpaired) electrons. The number of carbonyl (C=O) groups is 1. The normalized spacial score (nSPS) is 29.8. The van der Waals surface area contributed by atoms with Gasteiger partial charge in [0.2, 0.25) is 0 Å². The number of hydrogen-bond acceptors (Lipinski definition) is 3. The average Bonchev–Trinajstić information content (AvgIpc) is 2.94. The monoisotopic (exact) mass is 248 g/mol. The average molecular weight is 248 g/mol. The Labute approximate surface area is 108 Å². The Kier molecular flexibility index (Phi) is 3.33. The van der Waals surface area contributed by atoms with Crippen LogP contribution >= 0.6 is 0 Å². The van der Waals surface area contributed by atoms with Crippen molar-refractivity contribution < 1.29 is 14.3 Å². The summed E-state index contributed by atoms with van der Waals surface area (Å²) in [5.41, 5.74) is 1.08. The van der Waals surface area contributed by atoms with E-state index >= 15 is 0 Å². The molecule has 0 heterocycles. The van der Waals surface area contributed by atoms with Crippen LogP contribution in [0.2, 0.25) is 0 Å². The Morgan fingerprint density at radius 3 is 2.44 bits per heavy atom. The smallest absolute Gasteiger partial charge is 0.310 e. The molecule has 1 unspecified atom stereocenters. The van der Waals surface area contributed by atoms with Gasteiger partial charge in [-0.25, -0.2) is 0 Å². The molecule has 0 saturated heterocycles. The highest BCUT2D eigenvalue weighted by atomic mass is 16.5. The lowest BCUT2D eigenvalue weighted by molar-refractivity contribution is -0.145. The highest BCUT2D eigenvalue weighted by Gasteiger charge is 2.63. The number of ether oxygens (including phenoxy) is 2. The molecule has 1 saturated carbocycles. The summed E-state index contributed by atoms with van der Waals surface area (Å²) >= 11 is 0. The maximum Gasteiger partial charge on any atom is 0.310 e. The fourth-order valence-electron chi connectivity index (χ4n) is 2.80. The number of carbonyl (C=O) groups excluding carboxylic acids is 1. The van der Waals surface area contributed by atoms with Crippen LogP contribution in [0.5, 0.6) is 5.75 Å². The molecule has 0 aliphatic heterocycles. The van der Waals surface area contributed by atoms with Crippen molar-refractivity contribution >= 4 is 5.97 Å². The Morgan fingerprint density at radius 1 is 1.33 bits per heavy atom. The molecule has 0 bridgehead atoms.